The SMILES string of the molecule is c1ccc(C2CNc3ncnn3C2)cc1. The van der Waals surface area contributed by atoms with Gasteiger partial charge in [-0.15, -0.1) is 0 Å². The van der Waals surface area contributed by atoms with Gasteiger partial charge in [0.2, 0.25) is 5.95 Å². The molecule has 0 amide bonds. The van der Waals surface area contributed by atoms with Crippen molar-refractivity contribution in [3.8, 4) is 0 Å². The lowest BCUT2D eigenvalue weighted by atomic mass is 9.98. The van der Waals surface area contributed by atoms with E-state index in [0.29, 0.717) is 5.92 Å². The van der Waals surface area contributed by atoms with Crippen LogP contribution in [-0.2, 0) is 6.54 Å². The van der Waals surface area contributed by atoms with E-state index >= 15 is 0 Å². The van der Waals surface area contributed by atoms with Gasteiger partial charge >= 0.3 is 0 Å². The summed E-state index contributed by atoms with van der Waals surface area (Å²) >= 11 is 0. The summed E-state index contributed by atoms with van der Waals surface area (Å²) < 4.78 is 1.92. The molecule has 15 heavy (non-hydrogen) atoms. The number of nitrogens with zero attached hydrogens (tertiary/aromatic N) is 3. The second kappa shape index (κ2) is 3.38. The van der Waals surface area contributed by atoms with Crippen molar-refractivity contribution in [3.63, 3.8) is 0 Å². The number of aromatic nitrogens is 3. The Bertz CT molecular complexity index is 449. The summed E-state index contributed by atoms with van der Waals surface area (Å²) in [5.41, 5.74) is 1.35. The molecule has 0 spiro atoms. The van der Waals surface area contributed by atoms with Gasteiger partial charge in [-0.05, 0) is 5.56 Å². The summed E-state index contributed by atoms with van der Waals surface area (Å²) in [6, 6.07) is 10.5. The normalized spacial score (nSPS) is 19.3. The fourth-order valence-corrected chi connectivity index (χ4v) is 1.97. The third-order valence-electron chi connectivity index (χ3n) is 2.79. The minimum absolute atomic E-state index is 0.486. The van der Waals surface area contributed by atoms with Gasteiger partial charge in [0.05, 0.1) is 6.54 Å². The molecule has 0 radical (unpaired) electrons. The molecule has 2 aromatic rings. The monoisotopic (exact) mass is 200 g/mol. The predicted octanol–water partition coefficient (Wildman–Crippen LogP) is 1.49. The lowest BCUT2D eigenvalue weighted by molar-refractivity contribution is 0.503. The van der Waals surface area contributed by atoms with Gasteiger partial charge in [0.25, 0.3) is 0 Å². The van der Waals surface area contributed by atoms with Crippen molar-refractivity contribution in [2.24, 2.45) is 0 Å². The predicted molar refractivity (Wildman–Crippen MR) is 57.7 cm³/mol. The topological polar surface area (TPSA) is 42.7 Å². The molecule has 1 aliphatic rings. The van der Waals surface area contributed by atoms with E-state index in [1.54, 1.807) is 6.33 Å². The van der Waals surface area contributed by atoms with Gasteiger partial charge in [-0.2, -0.15) is 10.1 Å². The van der Waals surface area contributed by atoms with Crippen LogP contribution in [0.15, 0.2) is 36.7 Å². The maximum atomic E-state index is 4.18. The second-order valence-corrected chi connectivity index (χ2v) is 3.75. The molecule has 0 fully saturated rings. The molecule has 0 aliphatic carbocycles. The van der Waals surface area contributed by atoms with Gasteiger partial charge in [-0.3, -0.25) is 0 Å². The summed E-state index contributed by atoms with van der Waals surface area (Å²) in [7, 11) is 0. The van der Waals surface area contributed by atoms with E-state index in [1.807, 2.05) is 10.7 Å². The highest BCUT2D eigenvalue weighted by Gasteiger charge is 2.20. The Labute approximate surface area is 88.0 Å². The van der Waals surface area contributed by atoms with Crippen LogP contribution in [-0.4, -0.2) is 21.3 Å². The summed E-state index contributed by atoms with van der Waals surface area (Å²) in [5.74, 6) is 1.36. The Balaban J connectivity index is 1.88. The van der Waals surface area contributed by atoms with Crippen molar-refractivity contribution in [1.82, 2.24) is 14.8 Å². The number of hydrogen-bond donors (Lipinski definition) is 1. The van der Waals surface area contributed by atoms with Crippen LogP contribution in [0.25, 0.3) is 0 Å². The van der Waals surface area contributed by atoms with Crippen molar-refractivity contribution >= 4 is 5.95 Å². The molecule has 3 rings (SSSR count). The highest BCUT2D eigenvalue weighted by Crippen LogP contribution is 2.22. The zero-order valence-electron chi connectivity index (χ0n) is 8.30. The highest BCUT2D eigenvalue weighted by molar-refractivity contribution is 5.30. The smallest absolute Gasteiger partial charge is 0.221 e. The number of nitrogens with one attached hydrogen (secondary N) is 1. The van der Waals surface area contributed by atoms with Crippen LogP contribution in [0.4, 0.5) is 5.95 Å². The fourth-order valence-electron chi connectivity index (χ4n) is 1.97. The molecule has 1 aromatic carbocycles. The summed E-state index contributed by atoms with van der Waals surface area (Å²) in [6.45, 7) is 1.84. The molecule has 1 N–H and O–H groups in total. The highest BCUT2D eigenvalue weighted by atomic mass is 15.4. The van der Waals surface area contributed by atoms with E-state index in [-0.39, 0.29) is 0 Å². The Hall–Kier alpha value is -1.84. The van der Waals surface area contributed by atoms with Crippen LogP contribution in [0.1, 0.15) is 11.5 Å². The first-order chi connectivity index (χ1) is 7.43. The zero-order chi connectivity index (χ0) is 10.1. The molecule has 4 heteroatoms. The van der Waals surface area contributed by atoms with Crippen LogP contribution in [0.3, 0.4) is 0 Å². The van der Waals surface area contributed by atoms with E-state index < -0.39 is 0 Å². The van der Waals surface area contributed by atoms with Crippen molar-refractivity contribution in [1.29, 1.82) is 0 Å². The molecule has 1 aromatic heterocycles. The van der Waals surface area contributed by atoms with E-state index in [4.69, 9.17) is 0 Å². The first-order valence-electron chi connectivity index (χ1n) is 5.10. The van der Waals surface area contributed by atoms with Gasteiger partial charge in [0.1, 0.15) is 6.33 Å². The Morgan fingerprint density at radius 1 is 1.27 bits per heavy atom. The third kappa shape index (κ3) is 1.48. The fraction of sp³-hybridized carbons (Fsp3) is 0.273. The largest absolute Gasteiger partial charge is 0.354 e. The molecular weight excluding hydrogens is 188 g/mol. The van der Waals surface area contributed by atoms with Crippen molar-refractivity contribution in [2.75, 3.05) is 11.9 Å². The summed E-state index contributed by atoms with van der Waals surface area (Å²) in [6.07, 6.45) is 1.59. The number of fused-ring (bicyclic) bond motifs is 1. The van der Waals surface area contributed by atoms with Gasteiger partial charge in [0.15, 0.2) is 0 Å². The molecule has 0 bridgehead atoms. The molecular formula is C11H12N4. The summed E-state index contributed by atoms with van der Waals surface area (Å²) in [4.78, 5) is 4.13. The Morgan fingerprint density at radius 3 is 3.00 bits per heavy atom. The zero-order valence-corrected chi connectivity index (χ0v) is 8.30. The van der Waals surface area contributed by atoms with Crippen LogP contribution in [0, 0.1) is 0 Å². The average Bonchev–Trinajstić information content (AvgIpc) is 2.77. The van der Waals surface area contributed by atoms with Crippen LogP contribution in [0.2, 0.25) is 0 Å². The molecule has 0 saturated heterocycles. The van der Waals surface area contributed by atoms with Crippen LogP contribution >= 0.6 is 0 Å². The van der Waals surface area contributed by atoms with Crippen molar-refractivity contribution in [3.05, 3.63) is 42.2 Å². The lowest BCUT2D eigenvalue weighted by Gasteiger charge is -2.23. The third-order valence-corrected chi connectivity index (χ3v) is 2.79. The number of benzene rings is 1. The molecule has 4 nitrogen and oxygen atoms in total. The molecule has 0 saturated carbocycles. The molecule has 2 heterocycles. The molecule has 76 valence electrons. The quantitative estimate of drug-likeness (QED) is 0.758. The van der Waals surface area contributed by atoms with E-state index in [9.17, 15) is 0 Å². The lowest BCUT2D eigenvalue weighted by Crippen LogP contribution is -2.26. The van der Waals surface area contributed by atoms with Crippen molar-refractivity contribution < 1.29 is 0 Å². The summed E-state index contributed by atoms with van der Waals surface area (Å²) in [5, 5.41) is 7.46. The van der Waals surface area contributed by atoms with Gasteiger partial charge in [-0.1, -0.05) is 30.3 Å². The van der Waals surface area contributed by atoms with Crippen LogP contribution in [0.5, 0.6) is 0 Å². The minimum atomic E-state index is 0.486. The maximum Gasteiger partial charge on any atom is 0.221 e. The molecule has 1 aliphatic heterocycles. The molecule has 1 unspecified atom stereocenters. The average molecular weight is 200 g/mol. The van der Waals surface area contributed by atoms with Crippen LogP contribution < -0.4 is 5.32 Å². The van der Waals surface area contributed by atoms with Crippen molar-refractivity contribution in [2.45, 2.75) is 12.5 Å². The first-order valence-corrected chi connectivity index (χ1v) is 5.10. The van der Waals surface area contributed by atoms with Gasteiger partial charge < -0.3 is 5.32 Å². The number of rotatable bonds is 1. The first kappa shape index (κ1) is 8.47. The Morgan fingerprint density at radius 2 is 2.13 bits per heavy atom. The van der Waals surface area contributed by atoms with Gasteiger partial charge in [-0.25, -0.2) is 4.68 Å². The standard InChI is InChI=1S/C11H12N4/c1-2-4-9(5-3-1)10-6-12-11-13-8-14-15(11)7-10/h1-5,8,10H,6-7H2,(H,12,13,14). The van der Waals surface area contributed by atoms with E-state index in [0.717, 1.165) is 19.0 Å². The van der Waals surface area contributed by atoms with Gasteiger partial charge in [0, 0.05) is 12.5 Å². The number of anilines is 1. The minimum Gasteiger partial charge on any atom is -0.354 e. The molecule has 1 atom stereocenters. The Kier molecular flexibility index (Phi) is 1.91. The maximum absolute atomic E-state index is 4.18. The van der Waals surface area contributed by atoms with E-state index in [2.05, 4.69) is 39.7 Å². The number of hydrogen-bond acceptors (Lipinski definition) is 3. The van der Waals surface area contributed by atoms with E-state index in [1.165, 1.54) is 5.56 Å². The second-order valence-electron chi connectivity index (χ2n) is 3.75.